The highest BCUT2D eigenvalue weighted by molar-refractivity contribution is 7.13. The Labute approximate surface area is 108 Å². The van der Waals surface area contributed by atoms with E-state index < -0.39 is 0 Å². The van der Waals surface area contributed by atoms with Crippen LogP contribution in [0.15, 0.2) is 48.0 Å². The number of hydrogen-bond acceptors (Lipinski definition) is 4. The summed E-state index contributed by atoms with van der Waals surface area (Å²) < 4.78 is 1.73. The number of rotatable bonds is 3. The van der Waals surface area contributed by atoms with Crippen LogP contribution in [0.4, 0.5) is 0 Å². The summed E-state index contributed by atoms with van der Waals surface area (Å²) >= 11 is 1.63. The largest absolute Gasteiger partial charge is 0.508 e. The van der Waals surface area contributed by atoms with Gasteiger partial charge in [-0.15, -0.1) is 16.4 Å². The summed E-state index contributed by atoms with van der Waals surface area (Å²) in [6.45, 7) is 0.519. The van der Waals surface area contributed by atoms with E-state index in [-0.39, 0.29) is 5.75 Å². The summed E-state index contributed by atoms with van der Waals surface area (Å²) in [4.78, 5) is 1.10. The van der Waals surface area contributed by atoms with Crippen LogP contribution in [0.2, 0.25) is 0 Å². The van der Waals surface area contributed by atoms with Gasteiger partial charge in [-0.25, -0.2) is 4.68 Å². The summed E-state index contributed by atoms with van der Waals surface area (Å²) in [6, 6.07) is 11.2. The second-order valence-electron chi connectivity index (χ2n) is 3.91. The molecule has 0 saturated carbocycles. The Morgan fingerprint density at radius 1 is 1.17 bits per heavy atom. The van der Waals surface area contributed by atoms with E-state index in [1.54, 1.807) is 28.2 Å². The third kappa shape index (κ3) is 2.12. The molecule has 0 aliphatic carbocycles. The van der Waals surface area contributed by atoms with Gasteiger partial charge >= 0.3 is 0 Å². The molecule has 0 bridgehead atoms. The molecule has 5 heteroatoms. The van der Waals surface area contributed by atoms with E-state index >= 15 is 0 Å². The van der Waals surface area contributed by atoms with Crippen molar-refractivity contribution in [1.82, 2.24) is 15.0 Å². The number of hydrogen-bond donors (Lipinski definition) is 1. The van der Waals surface area contributed by atoms with Crippen LogP contribution in [0, 0.1) is 0 Å². The van der Waals surface area contributed by atoms with Crippen molar-refractivity contribution >= 4 is 11.3 Å². The number of thiophene rings is 1. The van der Waals surface area contributed by atoms with Crippen LogP contribution in [-0.2, 0) is 6.54 Å². The highest BCUT2D eigenvalue weighted by Crippen LogP contribution is 2.22. The first-order valence-corrected chi connectivity index (χ1v) is 6.42. The van der Waals surface area contributed by atoms with E-state index in [0.717, 1.165) is 16.1 Å². The summed E-state index contributed by atoms with van der Waals surface area (Å²) in [5.74, 6) is 0.283. The maximum absolute atomic E-state index is 9.70. The van der Waals surface area contributed by atoms with E-state index in [9.17, 15) is 5.11 Å². The zero-order chi connectivity index (χ0) is 12.4. The third-order valence-electron chi connectivity index (χ3n) is 2.64. The fraction of sp³-hybridized carbons (Fsp3) is 0.0769. The minimum Gasteiger partial charge on any atom is -0.508 e. The van der Waals surface area contributed by atoms with Gasteiger partial charge in [-0.05, 0) is 17.5 Å². The van der Waals surface area contributed by atoms with Crippen molar-refractivity contribution in [3.8, 4) is 16.3 Å². The monoisotopic (exact) mass is 257 g/mol. The lowest BCUT2D eigenvalue weighted by Gasteiger charge is -2.02. The minimum absolute atomic E-state index is 0.283. The van der Waals surface area contributed by atoms with Crippen LogP contribution in [0.25, 0.3) is 10.6 Å². The van der Waals surface area contributed by atoms with E-state index in [1.807, 2.05) is 35.8 Å². The molecule has 18 heavy (non-hydrogen) atoms. The van der Waals surface area contributed by atoms with Crippen LogP contribution in [0.1, 0.15) is 5.56 Å². The average molecular weight is 257 g/mol. The van der Waals surface area contributed by atoms with Gasteiger partial charge < -0.3 is 5.11 Å². The Balaban J connectivity index is 1.85. The van der Waals surface area contributed by atoms with Crippen LogP contribution >= 0.6 is 11.3 Å². The zero-order valence-electron chi connectivity index (χ0n) is 9.52. The van der Waals surface area contributed by atoms with Gasteiger partial charge in [0.25, 0.3) is 0 Å². The molecule has 90 valence electrons. The van der Waals surface area contributed by atoms with Crippen LogP contribution in [0.5, 0.6) is 5.75 Å². The van der Waals surface area contributed by atoms with Crippen molar-refractivity contribution in [1.29, 1.82) is 0 Å². The number of aromatic hydroxyl groups is 1. The Kier molecular flexibility index (Phi) is 2.82. The maximum atomic E-state index is 9.70. The Morgan fingerprint density at radius 3 is 2.83 bits per heavy atom. The molecule has 1 aromatic carbocycles. The first kappa shape index (κ1) is 11.0. The number of nitrogens with zero attached hydrogens (tertiary/aromatic N) is 3. The van der Waals surface area contributed by atoms with Crippen molar-refractivity contribution in [2.75, 3.05) is 0 Å². The highest BCUT2D eigenvalue weighted by Gasteiger charge is 2.06. The molecule has 2 aromatic heterocycles. The maximum Gasteiger partial charge on any atom is 0.122 e. The first-order chi connectivity index (χ1) is 8.83. The Hall–Kier alpha value is -2.14. The molecular weight excluding hydrogens is 246 g/mol. The lowest BCUT2D eigenvalue weighted by Crippen LogP contribution is -2.00. The molecule has 1 N–H and O–H groups in total. The molecular formula is C13H11N3OS. The van der Waals surface area contributed by atoms with Gasteiger partial charge in [0.1, 0.15) is 11.4 Å². The molecule has 2 heterocycles. The summed E-state index contributed by atoms with van der Waals surface area (Å²) in [7, 11) is 0. The molecule has 0 radical (unpaired) electrons. The molecule has 4 nitrogen and oxygen atoms in total. The van der Waals surface area contributed by atoms with Gasteiger partial charge in [-0.3, -0.25) is 0 Å². The van der Waals surface area contributed by atoms with Gasteiger partial charge in [0.2, 0.25) is 0 Å². The second kappa shape index (κ2) is 4.62. The van der Waals surface area contributed by atoms with Crippen molar-refractivity contribution in [3.05, 3.63) is 53.5 Å². The number of phenolic OH excluding ortho intramolecular Hbond substituents is 1. The molecule has 3 rings (SSSR count). The number of para-hydroxylation sites is 1. The van der Waals surface area contributed by atoms with E-state index in [0.29, 0.717) is 6.54 Å². The normalized spacial score (nSPS) is 10.7. The van der Waals surface area contributed by atoms with Crippen LogP contribution in [0.3, 0.4) is 0 Å². The van der Waals surface area contributed by atoms with Gasteiger partial charge in [0.05, 0.1) is 17.6 Å². The topological polar surface area (TPSA) is 50.9 Å². The van der Waals surface area contributed by atoms with Gasteiger partial charge in [-0.2, -0.15) is 0 Å². The van der Waals surface area contributed by atoms with Crippen molar-refractivity contribution < 1.29 is 5.11 Å². The second-order valence-corrected chi connectivity index (χ2v) is 4.86. The van der Waals surface area contributed by atoms with E-state index in [4.69, 9.17) is 0 Å². The van der Waals surface area contributed by atoms with Crippen molar-refractivity contribution in [3.63, 3.8) is 0 Å². The standard InChI is InChI=1S/C13H11N3OS/c17-12-5-2-1-4-10(12)8-16-9-11(14-15-16)13-6-3-7-18-13/h1-7,9,17H,8H2. The van der Waals surface area contributed by atoms with Crippen molar-refractivity contribution in [2.45, 2.75) is 6.54 Å². The predicted molar refractivity (Wildman–Crippen MR) is 70.5 cm³/mol. The lowest BCUT2D eigenvalue weighted by atomic mass is 10.2. The number of aromatic nitrogens is 3. The van der Waals surface area contributed by atoms with Crippen LogP contribution in [-0.4, -0.2) is 20.1 Å². The van der Waals surface area contributed by atoms with Crippen LogP contribution < -0.4 is 0 Å². The first-order valence-electron chi connectivity index (χ1n) is 5.54. The van der Waals surface area contributed by atoms with Gasteiger partial charge in [0, 0.05) is 5.56 Å². The quantitative estimate of drug-likeness (QED) is 0.785. The highest BCUT2D eigenvalue weighted by atomic mass is 32.1. The fourth-order valence-corrected chi connectivity index (χ4v) is 2.41. The Morgan fingerprint density at radius 2 is 2.06 bits per heavy atom. The van der Waals surface area contributed by atoms with Gasteiger partial charge in [0.15, 0.2) is 0 Å². The molecule has 0 unspecified atom stereocenters. The molecule has 0 amide bonds. The van der Waals surface area contributed by atoms with E-state index in [2.05, 4.69) is 10.3 Å². The molecule has 0 aliphatic heterocycles. The molecule has 3 aromatic rings. The predicted octanol–water partition coefficient (Wildman–Crippen LogP) is 2.76. The summed E-state index contributed by atoms with van der Waals surface area (Å²) in [5.41, 5.74) is 1.69. The van der Waals surface area contributed by atoms with Gasteiger partial charge in [-0.1, -0.05) is 29.5 Å². The number of benzene rings is 1. The molecule has 0 spiro atoms. The lowest BCUT2D eigenvalue weighted by molar-refractivity contribution is 0.463. The zero-order valence-corrected chi connectivity index (χ0v) is 10.3. The summed E-state index contributed by atoms with van der Waals surface area (Å²) in [6.07, 6.45) is 1.89. The summed E-state index contributed by atoms with van der Waals surface area (Å²) in [5, 5.41) is 19.9. The van der Waals surface area contributed by atoms with E-state index in [1.165, 1.54) is 0 Å². The molecule has 0 atom stereocenters. The molecule has 0 fully saturated rings. The number of phenols is 1. The third-order valence-corrected chi connectivity index (χ3v) is 3.53. The average Bonchev–Trinajstić information content (AvgIpc) is 3.02. The smallest absolute Gasteiger partial charge is 0.122 e. The molecule has 0 saturated heterocycles. The van der Waals surface area contributed by atoms with Crippen molar-refractivity contribution in [2.24, 2.45) is 0 Å². The minimum atomic E-state index is 0.283. The SMILES string of the molecule is Oc1ccccc1Cn1cc(-c2cccs2)nn1. The Bertz CT molecular complexity index is 646. The fourth-order valence-electron chi connectivity index (χ4n) is 1.73. The molecule has 0 aliphatic rings.